The van der Waals surface area contributed by atoms with Crippen molar-refractivity contribution < 1.29 is 5.02 Å². The van der Waals surface area contributed by atoms with Crippen LogP contribution in [0.1, 0.15) is 19.8 Å². The molecule has 0 saturated carbocycles. The van der Waals surface area contributed by atoms with Crippen LogP contribution in [0.2, 0.25) is 6.82 Å². The summed E-state index contributed by atoms with van der Waals surface area (Å²) in [6, 6.07) is 0.499. The highest BCUT2D eigenvalue weighted by molar-refractivity contribution is 6.45. The zero-order valence-electron chi connectivity index (χ0n) is 10.1. The highest BCUT2D eigenvalue weighted by Gasteiger charge is 2.29. The first-order chi connectivity index (χ1) is 7.66. The van der Waals surface area contributed by atoms with Crippen LogP contribution in [0.3, 0.4) is 0 Å². The van der Waals surface area contributed by atoms with Crippen LogP contribution in [0.15, 0.2) is 18.7 Å². The van der Waals surface area contributed by atoms with Crippen LogP contribution in [0.25, 0.3) is 0 Å². The van der Waals surface area contributed by atoms with Gasteiger partial charge >= 0.3 is 7.05 Å². The smallest absolute Gasteiger partial charge is 0.376 e. The molecule has 0 amide bonds. The Bertz CT molecular complexity index is 315. The molecule has 0 aromatic carbocycles. The first-order valence-electron chi connectivity index (χ1n) is 6.06. The molecule has 16 heavy (non-hydrogen) atoms. The normalized spacial score (nSPS) is 26.9. The van der Waals surface area contributed by atoms with Crippen molar-refractivity contribution in [3.63, 3.8) is 0 Å². The second kappa shape index (κ2) is 5.02. The van der Waals surface area contributed by atoms with Crippen molar-refractivity contribution in [3.8, 4) is 0 Å². The predicted octanol–water partition coefficient (Wildman–Crippen LogP) is 1.09. The van der Waals surface area contributed by atoms with Crippen LogP contribution >= 0.6 is 0 Å². The van der Waals surface area contributed by atoms with E-state index in [1.165, 1.54) is 12.8 Å². The van der Waals surface area contributed by atoms with E-state index in [0.717, 1.165) is 13.1 Å². The molecule has 1 aromatic rings. The lowest BCUT2D eigenvalue weighted by Gasteiger charge is -2.38. The van der Waals surface area contributed by atoms with Gasteiger partial charge in [0, 0.05) is 18.9 Å². The van der Waals surface area contributed by atoms with E-state index in [1.54, 1.807) is 0 Å². The molecule has 1 aliphatic rings. The summed E-state index contributed by atoms with van der Waals surface area (Å²) in [5, 5.41) is 9.70. The molecular weight excluding hydrogens is 201 g/mol. The summed E-state index contributed by atoms with van der Waals surface area (Å²) in [4.78, 5) is 6.24. The molecule has 2 atom stereocenters. The Morgan fingerprint density at radius 3 is 2.94 bits per heavy atom. The topological polar surface area (TPSA) is 41.3 Å². The molecule has 0 aliphatic carbocycles. The molecule has 2 rings (SSSR count). The van der Waals surface area contributed by atoms with Crippen LogP contribution < -0.4 is 0 Å². The summed E-state index contributed by atoms with van der Waals surface area (Å²) in [7, 11) is -0.333. The maximum atomic E-state index is 9.70. The van der Waals surface area contributed by atoms with Gasteiger partial charge in [-0.3, -0.25) is 0 Å². The van der Waals surface area contributed by atoms with Crippen LogP contribution in [-0.4, -0.2) is 39.0 Å². The summed E-state index contributed by atoms with van der Waals surface area (Å²) in [5.74, 6) is 0.625. The van der Waals surface area contributed by atoms with E-state index < -0.39 is 0 Å². The fourth-order valence-electron chi connectivity index (χ4n) is 2.57. The van der Waals surface area contributed by atoms with E-state index in [1.807, 2.05) is 25.5 Å². The monoisotopic (exact) mass is 221 g/mol. The fourth-order valence-corrected chi connectivity index (χ4v) is 2.57. The van der Waals surface area contributed by atoms with Crippen LogP contribution in [0.4, 0.5) is 0 Å². The Hall–Kier alpha value is -0.805. The molecular formula is C11H20BN3O. The van der Waals surface area contributed by atoms with E-state index in [0.29, 0.717) is 12.0 Å². The lowest BCUT2D eigenvalue weighted by Crippen LogP contribution is -2.49. The van der Waals surface area contributed by atoms with E-state index in [9.17, 15) is 5.02 Å². The Balaban J connectivity index is 1.92. The SMILES string of the molecule is CB(O)N1CC(Cn2ccnc2)CCC1C. The number of nitrogens with zero attached hydrogens (tertiary/aromatic N) is 3. The quantitative estimate of drug-likeness (QED) is 0.777. The van der Waals surface area contributed by atoms with Crippen molar-refractivity contribution in [2.45, 2.75) is 39.2 Å². The lowest BCUT2D eigenvalue weighted by molar-refractivity contribution is 0.172. The average molecular weight is 221 g/mol. The van der Waals surface area contributed by atoms with Gasteiger partial charge < -0.3 is 14.4 Å². The standard InChI is InChI=1S/C11H20BN3O/c1-10-3-4-11(8-15(10)12(2)16)7-14-6-5-13-9-14/h5-6,9-11,16H,3-4,7-8H2,1-2H3. The lowest BCUT2D eigenvalue weighted by atomic mass is 9.78. The number of rotatable bonds is 3. The minimum Gasteiger partial charge on any atom is -0.437 e. The predicted molar refractivity (Wildman–Crippen MR) is 65.0 cm³/mol. The largest absolute Gasteiger partial charge is 0.437 e. The van der Waals surface area contributed by atoms with Gasteiger partial charge in [-0.1, -0.05) is 6.92 Å². The molecule has 4 nitrogen and oxygen atoms in total. The molecule has 5 heteroatoms. The Kier molecular flexibility index (Phi) is 3.66. The van der Waals surface area contributed by atoms with Gasteiger partial charge in [-0.2, -0.15) is 0 Å². The average Bonchev–Trinajstić information content (AvgIpc) is 2.73. The van der Waals surface area contributed by atoms with E-state index in [-0.39, 0.29) is 7.05 Å². The minimum atomic E-state index is -0.333. The molecule has 0 bridgehead atoms. The number of imidazole rings is 1. The number of piperidine rings is 1. The van der Waals surface area contributed by atoms with Gasteiger partial charge in [0.05, 0.1) is 6.33 Å². The fraction of sp³-hybridized carbons (Fsp3) is 0.727. The summed E-state index contributed by atoms with van der Waals surface area (Å²) < 4.78 is 2.13. The molecule has 1 fully saturated rings. The number of aromatic nitrogens is 2. The van der Waals surface area contributed by atoms with Crippen molar-refractivity contribution in [1.82, 2.24) is 14.4 Å². The molecule has 0 radical (unpaired) electrons. The Morgan fingerprint density at radius 2 is 2.31 bits per heavy atom. The first-order valence-corrected chi connectivity index (χ1v) is 6.06. The molecule has 1 aliphatic heterocycles. The maximum Gasteiger partial charge on any atom is 0.376 e. The third-order valence-corrected chi connectivity index (χ3v) is 3.54. The second-order valence-electron chi connectivity index (χ2n) is 4.88. The van der Waals surface area contributed by atoms with E-state index in [4.69, 9.17) is 0 Å². The second-order valence-corrected chi connectivity index (χ2v) is 4.88. The maximum absolute atomic E-state index is 9.70. The first kappa shape index (κ1) is 11.7. The van der Waals surface area contributed by atoms with Gasteiger partial charge in [0.1, 0.15) is 0 Å². The van der Waals surface area contributed by atoms with E-state index >= 15 is 0 Å². The van der Waals surface area contributed by atoms with Gasteiger partial charge in [-0.05, 0) is 38.2 Å². The summed E-state index contributed by atoms with van der Waals surface area (Å²) in [6.07, 6.45) is 8.10. The summed E-state index contributed by atoms with van der Waals surface area (Å²) in [6.45, 7) is 6.04. The molecule has 1 N–H and O–H groups in total. The van der Waals surface area contributed by atoms with Crippen molar-refractivity contribution in [3.05, 3.63) is 18.7 Å². The Labute approximate surface area is 97.4 Å². The zero-order valence-corrected chi connectivity index (χ0v) is 10.1. The molecule has 0 spiro atoms. The van der Waals surface area contributed by atoms with Crippen molar-refractivity contribution in [2.75, 3.05) is 6.54 Å². The van der Waals surface area contributed by atoms with Crippen molar-refractivity contribution in [1.29, 1.82) is 0 Å². The van der Waals surface area contributed by atoms with Crippen LogP contribution in [-0.2, 0) is 6.54 Å². The number of hydrogen-bond acceptors (Lipinski definition) is 3. The van der Waals surface area contributed by atoms with Gasteiger partial charge in [-0.25, -0.2) is 4.98 Å². The Morgan fingerprint density at radius 1 is 1.50 bits per heavy atom. The summed E-state index contributed by atoms with van der Waals surface area (Å²) in [5.41, 5.74) is 0. The highest BCUT2D eigenvalue weighted by atomic mass is 16.2. The number of hydrogen-bond donors (Lipinski definition) is 1. The van der Waals surface area contributed by atoms with E-state index in [2.05, 4.69) is 21.3 Å². The molecule has 88 valence electrons. The zero-order chi connectivity index (χ0) is 11.5. The highest BCUT2D eigenvalue weighted by Crippen LogP contribution is 2.23. The van der Waals surface area contributed by atoms with Crippen LogP contribution in [0.5, 0.6) is 0 Å². The minimum absolute atomic E-state index is 0.333. The van der Waals surface area contributed by atoms with Gasteiger partial charge in [-0.15, -0.1) is 0 Å². The van der Waals surface area contributed by atoms with Crippen molar-refractivity contribution >= 4 is 7.05 Å². The summed E-state index contributed by atoms with van der Waals surface area (Å²) >= 11 is 0. The van der Waals surface area contributed by atoms with Crippen LogP contribution in [0, 0.1) is 5.92 Å². The van der Waals surface area contributed by atoms with Gasteiger partial charge in [0.2, 0.25) is 0 Å². The molecule has 1 aromatic heterocycles. The molecule has 2 unspecified atom stereocenters. The third-order valence-electron chi connectivity index (χ3n) is 3.54. The van der Waals surface area contributed by atoms with Crippen molar-refractivity contribution in [2.24, 2.45) is 5.92 Å². The van der Waals surface area contributed by atoms with Gasteiger partial charge in [0.15, 0.2) is 0 Å². The third kappa shape index (κ3) is 2.65. The molecule has 2 heterocycles. The molecule has 1 saturated heterocycles. The van der Waals surface area contributed by atoms with Gasteiger partial charge in [0.25, 0.3) is 0 Å².